The third-order valence-electron chi connectivity index (χ3n) is 1.63. The smallest absolute Gasteiger partial charge is 0.333 e. The number of carboxylic acids is 1. The van der Waals surface area contributed by atoms with Crippen molar-refractivity contribution in [2.24, 2.45) is 5.92 Å². The second kappa shape index (κ2) is 3.53. The van der Waals surface area contributed by atoms with Crippen LogP contribution in [0.2, 0.25) is 0 Å². The maximum absolute atomic E-state index is 10.2. The van der Waals surface area contributed by atoms with Crippen molar-refractivity contribution in [2.45, 2.75) is 12.8 Å². The summed E-state index contributed by atoms with van der Waals surface area (Å²) in [7, 11) is 0. The molecule has 0 spiro atoms. The number of carbonyl (C=O) groups is 1. The fourth-order valence-corrected chi connectivity index (χ4v) is 0.695. The fraction of sp³-hybridized carbons (Fsp3) is 0.625. The summed E-state index contributed by atoms with van der Waals surface area (Å²) in [6.07, 6.45) is 2.44. The minimum atomic E-state index is -0.971. The molecule has 1 aliphatic rings. The lowest BCUT2D eigenvalue weighted by atomic mass is 10.3. The van der Waals surface area contributed by atoms with E-state index >= 15 is 0 Å². The van der Waals surface area contributed by atoms with Crippen molar-refractivity contribution in [3.05, 3.63) is 12.2 Å². The predicted molar refractivity (Wildman–Crippen MR) is 40.3 cm³/mol. The molecule has 1 aliphatic carbocycles. The number of aliphatic carboxylic acids is 1. The van der Waals surface area contributed by atoms with Crippen LogP contribution < -0.4 is 0 Å². The quantitative estimate of drug-likeness (QED) is 0.605. The average Bonchev–Trinajstić information content (AvgIpc) is 2.71. The van der Waals surface area contributed by atoms with E-state index in [1.54, 1.807) is 0 Å². The number of carboxylic acid groups (broad SMARTS) is 1. The highest BCUT2D eigenvalue weighted by Gasteiger charge is 2.21. The van der Waals surface area contributed by atoms with Crippen LogP contribution in [0.15, 0.2) is 12.2 Å². The Morgan fingerprint density at radius 3 is 2.73 bits per heavy atom. The first-order valence-electron chi connectivity index (χ1n) is 3.69. The van der Waals surface area contributed by atoms with Gasteiger partial charge in [-0.15, -0.1) is 0 Å². The summed E-state index contributed by atoms with van der Waals surface area (Å²) in [6, 6.07) is 0. The Balaban J connectivity index is 2.01. The molecule has 1 saturated carbocycles. The largest absolute Gasteiger partial charge is 0.478 e. The molecule has 0 bridgehead atoms. The molecule has 0 heterocycles. The van der Waals surface area contributed by atoms with Crippen LogP contribution in [0.1, 0.15) is 12.8 Å². The Labute approximate surface area is 65.7 Å². The first-order valence-corrected chi connectivity index (χ1v) is 3.69. The van der Waals surface area contributed by atoms with Crippen LogP contribution in [0.3, 0.4) is 0 Å². The van der Waals surface area contributed by atoms with Gasteiger partial charge in [0.1, 0.15) is 0 Å². The molecule has 1 rings (SSSR count). The molecule has 3 nitrogen and oxygen atoms in total. The van der Waals surface area contributed by atoms with Crippen LogP contribution in [-0.4, -0.2) is 24.3 Å². The standard InChI is InChI=1S/C8H12O3/c1-6(8(9)10)4-11-5-7-2-3-7/h7H,1-5H2,(H,9,10). The summed E-state index contributed by atoms with van der Waals surface area (Å²) in [5, 5.41) is 8.38. The van der Waals surface area contributed by atoms with Crippen LogP contribution >= 0.6 is 0 Å². The van der Waals surface area contributed by atoms with E-state index in [0.717, 1.165) is 0 Å². The summed E-state index contributed by atoms with van der Waals surface area (Å²) < 4.78 is 5.10. The van der Waals surface area contributed by atoms with Crippen molar-refractivity contribution in [2.75, 3.05) is 13.2 Å². The number of ether oxygens (including phenoxy) is 1. The van der Waals surface area contributed by atoms with Gasteiger partial charge in [-0.25, -0.2) is 4.79 Å². The summed E-state index contributed by atoms with van der Waals surface area (Å²) in [6.45, 7) is 4.19. The van der Waals surface area contributed by atoms with Crippen LogP contribution in [0, 0.1) is 5.92 Å². The van der Waals surface area contributed by atoms with Gasteiger partial charge in [0.2, 0.25) is 0 Å². The van der Waals surface area contributed by atoms with Crippen LogP contribution in [0.4, 0.5) is 0 Å². The van der Waals surface area contributed by atoms with E-state index in [4.69, 9.17) is 9.84 Å². The molecular weight excluding hydrogens is 144 g/mol. The van der Waals surface area contributed by atoms with Crippen molar-refractivity contribution in [1.29, 1.82) is 0 Å². The van der Waals surface area contributed by atoms with Crippen LogP contribution in [0.5, 0.6) is 0 Å². The minimum Gasteiger partial charge on any atom is -0.478 e. The third kappa shape index (κ3) is 3.18. The van der Waals surface area contributed by atoms with E-state index in [0.29, 0.717) is 12.5 Å². The van der Waals surface area contributed by atoms with Crippen molar-refractivity contribution in [3.63, 3.8) is 0 Å². The van der Waals surface area contributed by atoms with Gasteiger partial charge in [-0.05, 0) is 18.8 Å². The molecule has 11 heavy (non-hydrogen) atoms. The van der Waals surface area contributed by atoms with Gasteiger partial charge in [0.05, 0.1) is 12.2 Å². The van der Waals surface area contributed by atoms with Gasteiger partial charge in [-0.3, -0.25) is 0 Å². The highest BCUT2D eigenvalue weighted by atomic mass is 16.5. The lowest BCUT2D eigenvalue weighted by Gasteiger charge is -2.01. The molecule has 0 atom stereocenters. The predicted octanol–water partition coefficient (Wildman–Crippen LogP) is 1.05. The highest BCUT2D eigenvalue weighted by molar-refractivity contribution is 5.85. The van der Waals surface area contributed by atoms with Crippen molar-refractivity contribution >= 4 is 5.97 Å². The van der Waals surface area contributed by atoms with E-state index in [2.05, 4.69) is 6.58 Å². The Morgan fingerprint density at radius 2 is 2.27 bits per heavy atom. The van der Waals surface area contributed by atoms with Crippen molar-refractivity contribution < 1.29 is 14.6 Å². The molecule has 0 aromatic heterocycles. The topological polar surface area (TPSA) is 46.5 Å². The molecule has 0 aliphatic heterocycles. The summed E-state index contributed by atoms with van der Waals surface area (Å²) in [5.41, 5.74) is 0.130. The maximum atomic E-state index is 10.2. The number of hydrogen-bond acceptors (Lipinski definition) is 2. The van der Waals surface area contributed by atoms with Crippen molar-refractivity contribution in [1.82, 2.24) is 0 Å². The first-order chi connectivity index (χ1) is 5.20. The molecule has 0 saturated heterocycles. The Kier molecular flexibility index (Phi) is 2.65. The molecule has 0 aromatic rings. The zero-order chi connectivity index (χ0) is 8.27. The third-order valence-corrected chi connectivity index (χ3v) is 1.63. The molecular formula is C8H12O3. The van der Waals surface area contributed by atoms with E-state index in [1.165, 1.54) is 12.8 Å². The van der Waals surface area contributed by atoms with Gasteiger partial charge >= 0.3 is 5.97 Å². The van der Waals surface area contributed by atoms with Gasteiger partial charge in [-0.2, -0.15) is 0 Å². The average molecular weight is 156 g/mol. The molecule has 1 fully saturated rings. The fourth-order valence-electron chi connectivity index (χ4n) is 0.695. The summed E-state index contributed by atoms with van der Waals surface area (Å²) >= 11 is 0. The highest BCUT2D eigenvalue weighted by Crippen LogP contribution is 2.28. The molecule has 62 valence electrons. The first kappa shape index (κ1) is 8.27. The van der Waals surface area contributed by atoms with Gasteiger partial charge in [-0.1, -0.05) is 6.58 Å². The maximum Gasteiger partial charge on any atom is 0.333 e. The summed E-state index contributed by atoms with van der Waals surface area (Å²) in [4.78, 5) is 10.2. The molecule has 0 unspecified atom stereocenters. The molecule has 0 amide bonds. The minimum absolute atomic E-state index is 0.130. The van der Waals surface area contributed by atoms with Crippen LogP contribution in [-0.2, 0) is 9.53 Å². The zero-order valence-corrected chi connectivity index (χ0v) is 6.38. The second-order valence-corrected chi connectivity index (χ2v) is 2.87. The normalized spacial score (nSPS) is 16.4. The monoisotopic (exact) mass is 156 g/mol. The Hall–Kier alpha value is -0.830. The number of hydrogen-bond donors (Lipinski definition) is 1. The van der Waals surface area contributed by atoms with E-state index in [1.807, 2.05) is 0 Å². The van der Waals surface area contributed by atoms with Gasteiger partial charge in [0.15, 0.2) is 0 Å². The van der Waals surface area contributed by atoms with Crippen molar-refractivity contribution in [3.8, 4) is 0 Å². The van der Waals surface area contributed by atoms with E-state index in [9.17, 15) is 4.79 Å². The zero-order valence-electron chi connectivity index (χ0n) is 6.38. The molecule has 0 radical (unpaired) electrons. The lowest BCUT2D eigenvalue weighted by Crippen LogP contribution is -2.08. The second-order valence-electron chi connectivity index (χ2n) is 2.87. The Bertz CT molecular complexity index is 170. The summed E-state index contributed by atoms with van der Waals surface area (Å²) in [5.74, 6) is -0.294. The number of rotatable bonds is 5. The Morgan fingerprint density at radius 1 is 1.64 bits per heavy atom. The SMILES string of the molecule is C=C(COCC1CC1)C(=O)O. The lowest BCUT2D eigenvalue weighted by molar-refractivity contribution is -0.133. The van der Waals surface area contributed by atoms with E-state index < -0.39 is 5.97 Å². The van der Waals surface area contributed by atoms with E-state index in [-0.39, 0.29) is 12.2 Å². The molecule has 3 heteroatoms. The van der Waals surface area contributed by atoms with Gasteiger partial charge < -0.3 is 9.84 Å². The van der Waals surface area contributed by atoms with Crippen LogP contribution in [0.25, 0.3) is 0 Å². The molecule has 0 aromatic carbocycles. The molecule has 1 N–H and O–H groups in total. The van der Waals surface area contributed by atoms with Gasteiger partial charge in [0, 0.05) is 6.61 Å². The van der Waals surface area contributed by atoms with Gasteiger partial charge in [0.25, 0.3) is 0 Å².